The molecule has 12 heteroatoms. The molecule has 1 aromatic heterocycles. The first-order valence-electron chi connectivity index (χ1n) is 10.5. The molecule has 2 saturated heterocycles. The minimum absolute atomic E-state index is 0.0269. The van der Waals surface area contributed by atoms with Gasteiger partial charge in [-0.1, -0.05) is 0 Å². The van der Waals surface area contributed by atoms with Crippen LogP contribution in [0.4, 0.5) is 13.2 Å². The second-order valence-electron chi connectivity index (χ2n) is 10.5. The van der Waals surface area contributed by atoms with Gasteiger partial charge in [-0.2, -0.15) is 21.9 Å². The van der Waals surface area contributed by atoms with Crippen LogP contribution in [0.2, 0.25) is 0 Å². The average molecular weight is 470 g/mol. The van der Waals surface area contributed by atoms with Crippen molar-refractivity contribution in [2.45, 2.75) is 90.9 Å². The van der Waals surface area contributed by atoms with Crippen LogP contribution in [0.15, 0.2) is 0 Å². The number of rotatable bonds is 2. The topological polar surface area (TPSA) is 62.7 Å². The maximum Gasteiger partial charge on any atom is 0.497 e. The first-order valence-corrected chi connectivity index (χ1v) is 11.2. The SMILES string of the molecule is Cc1c(C(F)(F)F)c(B2OC(C)(C)C(C)(C)O2)c2nsnc2c1B1OC(C)(C)C(C)(C)O1. The second kappa shape index (κ2) is 6.91. The summed E-state index contributed by atoms with van der Waals surface area (Å²) in [6, 6.07) is 0. The molecule has 174 valence electrons. The first kappa shape index (κ1) is 23.9. The lowest BCUT2D eigenvalue weighted by Crippen LogP contribution is -2.45. The Bertz CT molecular complexity index is 1050. The molecule has 6 nitrogen and oxygen atoms in total. The monoisotopic (exact) mass is 470 g/mol. The molecular weight excluding hydrogens is 443 g/mol. The van der Waals surface area contributed by atoms with Crippen LogP contribution in [-0.2, 0) is 24.8 Å². The molecule has 0 unspecified atom stereocenters. The fourth-order valence-corrected chi connectivity index (χ4v) is 4.55. The van der Waals surface area contributed by atoms with E-state index in [0.29, 0.717) is 5.52 Å². The van der Waals surface area contributed by atoms with Gasteiger partial charge in [-0.05, 0) is 67.9 Å². The second-order valence-corrected chi connectivity index (χ2v) is 11.0. The molecule has 0 N–H and O–H groups in total. The molecule has 32 heavy (non-hydrogen) atoms. The molecule has 3 heterocycles. The summed E-state index contributed by atoms with van der Waals surface area (Å²) in [5.41, 5.74) is -3.45. The van der Waals surface area contributed by atoms with E-state index in [1.165, 1.54) is 6.92 Å². The number of fused-ring (bicyclic) bond motifs is 1. The van der Waals surface area contributed by atoms with Crippen LogP contribution in [0.25, 0.3) is 11.0 Å². The van der Waals surface area contributed by atoms with Crippen molar-refractivity contribution in [1.29, 1.82) is 0 Å². The van der Waals surface area contributed by atoms with E-state index in [0.717, 1.165) is 11.7 Å². The first-order chi connectivity index (χ1) is 14.4. The third kappa shape index (κ3) is 3.41. The van der Waals surface area contributed by atoms with Crippen LogP contribution in [0, 0.1) is 6.92 Å². The van der Waals surface area contributed by atoms with Crippen LogP contribution < -0.4 is 10.9 Å². The average Bonchev–Trinajstić information content (AvgIpc) is 3.19. The van der Waals surface area contributed by atoms with Crippen molar-refractivity contribution in [2.75, 3.05) is 0 Å². The zero-order valence-electron chi connectivity index (χ0n) is 19.7. The van der Waals surface area contributed by atoms with Crippen LogP contribution in [0.3, 0.4) is 0 Å². The number of halogens is 3. The van der Waals surface area contributed by atoms with Gasteiger partial charge in [0.1, 0.15) is 11.0 Å². The Morgan fingerprint density at radius 1 is 0.688 bits per heavy atom. The molecule has 0 amide bonds. The molecule has 2 aliphatic heterocycles. The fourth-order valence-electron chi connectivity index (χ4n) is 3.98. The maximum atomic E-state index is 14.5. The smallest absolute Gasteiger partial charge is 0.399 e. The summed E-state index contributed by atoms with van der Waals surface area (Å²) in [6.07, 6.45) is -4.68. The summed E-state index contributed by atoms with van der Waals surface area (Å²) in [5.74, 6) is 0. The highest BCUT2D eigenvalue weighted by atomic mass is 32.1. The van der Waals surface area contributed by atoms with Crippen molar-refractivity contribution in [3.8, 4) is 0 Å². The number of aromatic nitrogens is 2. The van der Waals surface area contributed by atoms with Crippen LogP contribution >= 0.6 is 11.7 Å². The Hall–Kier alpha value is -1.20. The van der Waals surface area contributed by atoms with Gasteiger partial charge in [-0.15, -0.1) is 0 Å². The molecular formula is C20H27B2F3N2O4S. The fraction of sp³-hybridized carbons (Fsp3) is 0.700. The summed E-state index contributed by atoms with van der Waals surface area (Å²) in [7, 11) is -2.26. The molecule has 0 bridgehead atoms. The van der Waals surface area contributed by atoms with Crippen LogP contribution in [-0.4, -0.2) is 45.4 Å². The Labute approximate surface area is 190 Å². The zero-order valence-corrected chi connectivity index (χ0v) is 20.5. The third-order valence-corrected chi connectivity index (χ3v) is 7.84. The molecule has 2 fully saturated rings. The Kier molecular flexibility index (Phi) is 5.17. The summed E-state index contributed by atoms with van der Waals surface area (Å²) >= 11 is 0.837. The predicted molar refractivity (Wildman–Crippen MR) is 119 cm³/mol. The van der Waals surface area contributed by atoms with Gasteiger partial charge in [0.2, 0.25) is 0 Å². The van der Waals surface area contributed by atoms with Gasteiger partial charge in [0, 0.05) is 10.9 Å². The van der Waals surface area contributed by atoms with Gasteiger partial charge in [0.05, 0.1) is 39.7 Å². The molecule has 0 aliphatic carbocycles. The van der Waals surface area contributed by atoms with Crippen molar-refractivity contribution < 1.29 is 31.8 Å². The van der Waals surface area contributed by atoms with E-state index in [2.05, 4.69) is 8.75 Å². The Morgan fingerprint density at radius 3 is 1.41 bits per heavy atom. The van der Waals surface area contributed by atoms with E-state index in [9.17, 15) is 13.2 Å². The molecule has 2 aromatic rings. The van der Waals surface area contributed by atoms with Crippen LogP contribution in [0.5, 0.6) is 0 Å². The van der Waals surface area contributed by atoms with Crippen LogP contribution in [0.1, 0.15) is 66.5 Å². The lowest BCUT2D eigenvalue weighted by molar-refractivity contribution is -0.137. The zero-order chi connectivity index (χ0) is 24.1. The predicted octanol–water partition coefficient (Wildman–Crippen LogP) is 3.62. The lowest BCUT2D eigenvalue weighted by Gasteiger charge is -2.32. The maximum absolute atomic E-state index is 14.5. The summed E-state index contributed by atoms with van der Waals surface area (Å²) in [4.78, 5) is 0. The van der Waals surface area contributed by atoms with Crippen molar-refractivity contribution in [1.82, 2.24) is 8.75 Å². The van der Waals surface area contributed by atoms with Gasteiger partial charge < -0.3 is 18.6 Å². The minimum atomic E-state index is -4.68. The van der Waals surface area contributed by atoms with E-state index in [4.69, 9.17) is 18.6 Å². The van der Waals surface area contributed by atoms with E-state index >= 15 is 0 Å². The largest absolute Gasteiger partial charge is 0.497 e. The van der Waals surface area contributed by atoms with Gasteiger partial charge in [-0.3, -0.25) is 0 Å². The molecule has 1 aromatic carbocycles. The van der Waals surface area contributed by atoms with E-state index in [1.807, 2.05) is 27.7 Å². The van der Waals surface area contributed by atoms with Crippen molar-refractivity contribution in [2.24, 2.45) is 0 Å². The highest BCUT2D eigenvalue weighted by Gasteiger charge is 2.57. The molecule has 0 atom stereocenters. The molecule has 0 saturated carbocycles. The van der Waals surface area contributed by atoms with E-state index < -0.39 is 48.4 Å². The third-order valence-electron chi connectivity index (χ3n) is 7.31. The number of benzene rings is 1. The van der Waals surface area contributed by atoms with Gasteiger partial charge in [-0.25, -0.2) is 0 Å². The molecule has 4 rings (SSSR count). The highest BCUT2D eigenvalue weighted by molar-refractivity contribution is 7.00. The summed E-state index contributed by atoms with van der Waals surface area (Å²) in [5, 5.41) is 0. The molecule has 0 radical (unpaired) electrons. The summed E-state index contributed by atoms with van der Waals surface area (Å²) < 4.78 is 76.3. The number of alkyl halides is 3. The summed E-state index contributed by atoms with van der Waals surface area (Å²) in [6.45, 7) is 16.0. The van der Waals surface area contributed by atoms with E-state index in [1.54, 1.807) is 27.7 Å². The standard InChI is InChI=1S/C20H27B2F3N2O4S/c1-10-11(20(23,24)25)13(22-30-18(6,7)19(8,9)31-22)15-14(26-32-27-15)12(10)21-28-16(2,3)17(4,5)29-21/h1-9H3. The minimum Gasteiger partial charge on any atom is -0.399 e. The van der Waals surface area contributed by atoms with Gasteiger partial charge >= 0.3 is 20.4 Å². The van der Waals surface area contributed by atoms with E-state index in [-0.39, 0.29) is 22.0 Å². The number of hydrogen-bond acceptors (Lipinski definition) is 7. The quantitative estimate of drug-likeness (QED) is 0.626. The van der Waals surface area contributed by atoms with Gasteiger partial charge in [0.15, 0.2) is 0 Å². The lowest BCUT2D eigenvalue weighted by atomic mass is 9.67. The van der Waals surface area contributed by atoms with Crippen molar-refractivity contribution in [3.05, 3.63) is 11.1 Å². The number of nitrogens with zero attached hydrogens (tertiary/aromatic N) is 2. The molecule has 0 spiro atoms. The van der Waals surface area contributed by atoms with Crippen molar-refractivity contribution >= 4 is 47.9 Å². The normalized spacial score (nSPS) is 24.0. The molecule has 2 aliphatic rings. The highest BCUT2D eigenvalue weighted by Crippen LogP contribution is 2.41. The van der Waals surface area contributed by atoms with Crippen molar-refractivity contribution in [3.63, 3.8) is 0 Å². The number of hydrogen-bond donors (Lipinski definition) is 0. The Balaban J connectivity index is 1.97. The van der Waals surface area contributed by atoms with Gasteiger partial charge in [0.25, 0.3) is 0 Å². The Morgan fingerprint density at radius 2 is 1.03 bits per heavy atom.